The number of carbonyl (C=O) groups excluding carboxylic acids is 1. The molecule has 7 nitrogen and oxygen atoms in total. The molecule has 25 heavy (non-hydrogen) atoms. The number of hydrogen-bond acceptors (Lipinski definition) is 6. The van der Waals surface area contributed by atoms with Gasteiger partial charge in [0, 0.05) is 18.6 Å². The largest absolute Gasteiger partial charge is 0.384 e. The molecule has 0 saturated heterocycles. The number of anilines is 1. The number of ether oxygens (including phenoxy) is 1. The summed E-state index contributed by atoms with van der Waals surface area (Å²) in [5.41, 5.74) is -0.413. The molecule has 144 valence electrons. The Morgan fingerprint density at radius 3 is 2.44 bits per heavy atom. The van der Waals surface area contributed by atoms with Gasteiger partial charge in [0.15, 0.2) is 15.7 Å². The van der Waals surface area contributed by atoms with Crippen molar-refractivity contribution in [3.05, 3.63) is 11.8 Å². The van der Waals surface area contributed by atoms with Crippen LogP contribution in [0.1, 0.15) is 53.7 Å². The first kappa shape index (κ1) is 21.6. The molecule has 1 aromatic heterocycles. The zero-order valence-electron chi connectivity index (χ0n) is 16.2. The summed E-state index contributed by atoms with van der Waals surface area (Å²) in [5, 5.41) is 6.36. The smallest absolute Gasteiger partial charge is 0.246 e. The van der Waals surface area contributed by atoms with Gasteiger partial charge in [-0.1, -0.05) is 32.9 Å². The van der Waals surface area contributed by atoms with Crippen molar-refractivity contribution in [3.63, 3.8) is 0 Å². The number of carbonyl (C=O) groups is 1. The van der Waals surface area contributed by atoms with Crippen molar-refractivity contribution in [1.82, 2.24) is 5.16 Å². The van der Waals surface area contributed by atoms with E-state index < -0.39 is 25.9 Å². The second kappa shape index (κ2) is 7.86. The van der Waals surface area contributed by atoms with E-state index in [1.807, 2.05) is 27.7 Å². The Kier molecular flexibility index (Phi) is 6.81. The second-order valence-electron chi connectivity index (χ2n) is 7.86. The molecule has 0 spiro atoms. The molecule has 0 aliphatic carbocycles. The molecule has 1 aromatic rings. The first-order valence-corrected chi connectivity index (χ1v) is 9.98. The van der Waals surface area contributed by atoms with Crippen molar-refractivity contribution in [2.24, 2.45) is 5.92 Å². The van der Waals surface area contributed by atoms with Crippen LogP contribution in [-0.2, 0) is 24.8 Å². The maximum atomic E-state index is 12.5. The molecule has 0 saturated carbocycles. The number of nitrogens with one attached hydrogen (secondary N) is 1. The summed E-state index contributed by atoms with van der Waals surface area (Å²) in [4.78, 5) is 12.5. The van der Waals surface area contributed by atoms with Gasteiger partial charge in [-0.2, -0.15) is 0 Å². The number of nitrogens with zero attached hydrogens (tertiary/aromatic N) is 1. The van der Waals surface area contributed by atoms with E-state index in [1.54, 1.807) is 13.2 Å². The lowest BCUT2D eigenvalue weighted by molar-refractivity contribution is -0.117. The number of aromatic nitrogens is 1. The summed E-state index contributed by atoms with van der Waals surface area (Å²) in [5.74, 6) is 0.326. The summed E-state index contributed by atoms with van der Waals surface area (Å²) >= 11 is 0. The number of amides is 1. The molecule has 0 aromatic carbocycles. The Morgan fingerprint density at radius 2 is 1.92 bits per heavy atom. The molecule has 0 fully saturated rings. The van der Waals surface area contributed by atoms with E-state index in [4.69, 9.17) is 9.26 Å². The highest BCUT2D eigenvalue weighted by Gasteiger charge is 2.41. The fourth-order valence-corrected chi connectivity index (χ4v) is 3.76. The predicted molar refractivity (Wildman–Crippen MR) is 97.4 cm³/mol. The van der Waals surface area contributed by atoms with E-state index >= 15 is 0 Å². The van der Waals surface area contributed by atoms with Crippen LogP contribution in [0.25, 0.3) is 0 Å². The third kappa shape index (κ3) is 5.28. The lowest BCUT2D eigenvalue weighted by Gasteiger charge is -2.23. The molecule has 1 rings (SSSR count). The van der Waals surface area contributed by atoms with E-state index in [0.717, 1.165) is 0 Å². The van der Waals surface area contributed by atoms with Crippen LogP contribution < -0.4 is 5.32 Å². The number of sulfone groups is 1. The maximum Gasteiger partial charge on any atom is 0.246 e. The van der Waals surface area contributed by atoms with Gasteiger partial charge in [0.1, 0.15) is 10.5 Å². The molecule has 1 heterocycles. The van der Waals surface area contributed by atoms with Gasteiger partial charge in [-0.05, 0) is 26.2 Å². The van der Waals surface area contributed by atoms with Crippen LogP contribution in [0, 0.1) is 5.92 Å². The topological polar surface area (TPSA) is 98.5 Å². The Morgan fingerprint density at radius 1 is 1.32 bits per heavy atom. The summed E-state index contributed by atoms with van der Waals surface area (Å²) in [6.07, 6.45) is 0.512. The summed E-state index contributed by atoms with van der Waals surface area (Å²) in [6, 6.07) is 1.59. The third-order valence-electron chi connectivity index (χ3n) is 4.21. The lowest BCUT2D eigenvalue weighted by atomic mass is 9.91. The van der Waals surface area contributed by atoms with E-state index in [-0.39, 0.29) is 17.5 Å². The van der Waals surface area contributed by atoms with Gasteiger partial charge in [0.2, 0.25) is 5.91 Å². The second-order valence-corrected chi connectivity index (χ2v) is 10.5. The van der Waals surface area contributed by atoms with Gasteiger partial charge in [-0.15, -0.1) is 0 Å². The SMILES string of the molecule is COCC(C)(C)c1cc(NC(=O)C(C)(C)S(=O)(=O)CCC(C)C)no1. The van der Waals surface area contributed by atoms with E-state index in [1.165, 1.54) is 13.8 Å². The zero-order chi connectivity index (χ0) is 19.5. The molecule has 0 radical (unpaired) electrons. The number of hydrogen-bond donors (Lipinski definition) is 1. The van der Waals surface area contributed by atoms with Gasteiger partial charge in [-0.25, -0.2) is 8.42 Å². The van der Waals surface area contributed by atoms with Crippen LogP contribution in [0.4, 0.5) is 5.82 Å². The Bertz CT molecular complexity index is 690. The molecule has 1 amide bonds. The van der Waals surface area contributed by atoms with E-state index in [0.29, 0.717) is 18.8 Å². The predicted octanol–water partition coefficient (Wildman–Crippen LogP) is 2.78. The minimum absolute atomic E-state index is 0.0317. The maximum absolute atomic E-state index is 12.5. The van der Waals surface area contributed by atoms with Crippen molar-refractivity contribution >= 4 is 21.6 Å². The van der Waals surface area contributed by atoms with Gasteiger partial charge < -0.3 is 14.6 Å². The average molecular weight is 375 g/mol. The Hall–Kier alpha value is -1.41. The summed E-state index contributed by atoms with van der Waals surface area (Å²) < 4.78 is 33.9. The zero-order valence-corrected chi connectivity index (χ0v) is 17.0. The molecule has 0 unspecified atom stereocenters. The average Bonchev–Trinajstić information content (AvgIpc) is 2.94. The highest BCUT2D eigenvalue weighted by Crippen LogP contribution is 2.27. The number of methoxy groups -OCH3 is 1. The van der Waals surface area contributed by atoms with Gasteiger partial charge in [0.05, 0.1) is 12.4 Å². The van der Waals surface area contributed by atoms with Crippen LogP contribution in [0.15, 0.2) is 10.6 Å². The van der Waals surface area contributed by atoms with E-state index in [2.05, 4.69) is 10.5 Å². The molecule has 0 atom stereocenters. The molecule has 1 N–H and O–H groups in total. The third-order valence-corrected chi connectivity index (χ3v) is 6.73. The van der Waals surface area contributed by atoms with Gasteiger partial charge in [0.25, 0.3) is 0 Å². The molecule has 0 bridgehead atoms. The summed E-state index contributed by atoms with van der Waals surface area (Å²) in [6.45, 7) is 11.0. The summed E-state index contributed by atoms with van der Waals surface area (Å²) in [7, 11) is -2.01. The van der Waals surface area contributed by atoms with Crippen LogP contribution in [-0.4, -0.2) is 43.7 Å². The van der Waals surface area contributed by atoms with Crippen LogP contribution >= 0.6 is 0 Å². The van der Waals surface area contributed by atoms with Crippen LogP contribution in [0.3, 0.4) is 0 Å². The number of rotatable bonds is 9. The standard InChI is InChI=1S/C17H30N2O5S/c1-12(2)8-9-25(21,22)17(5,6)15(20)18-14-10-13(24-19-14)16(3,4)11-23-7/h10,12H,8-9,11H2,1-7H3,(H,18,19,20). The minimum Gasteiger partial charge on any atom is -0.384 e. The van der Waals surface area contributed by atoms with Crippen molar-refractivity contribution < 1.29 is 22.5 Å². The molecular weight excluding hydrogens is 344 g/mol. The first-order valence-electron chi connectivity index (χ1n) is 8.33. The van der Waals surface area contributed by atoms with Crippen molar-refractivity contribution in [1.29, 1.82) is 0 Å². The fraction of sp³-hybridized carbons (Fsp3) is 0.765. The van der Waals surface area contributed by atoms with Crippen molar-refractivity contribution in [3.8, 4) is 0 Å². The quantitative estimate of drug-likeness (QED) is 0.713. The highest BCUT2D eigenvalue weighted by molar-refractivity contribution is 7.93. The minimum atomic E-state index is -3.59. The van der Waals surface area contributed by atoms with Crippen LogP contribution in [0.2, 0.25) is 0 Å². The van der Waals surface area contributed by atoms with Gasteiger partial charge in [-0.3, -0.25) is 4.79 Å². The van der Waals surface area contributed by atoms with Crippen LogP contribution in [0.5, 0.6) is 0 Å². The van der Waals surface area contributed by atoms with Crippen molar-refractivity contribution in [2.75, 3.05) is 24.8 Å². The monoisotopic (exact) mass is 374 g/mol. The molecular formula is C17H30N2O5S. The first-order chi connectivity index (χ1) is 11.3. The molecule has 0 aliphatic rings. The Balaban J connectivity index is 2.89. The van der Waals surface area contributed by atoms with E-state index in [9.17, 15) is 13.2 Å². The lowest BCUT2D eigenvalue weighted by Crippen LogP contribution is -2.45. The normalized spacial score (nSPS) is 13.3. The Labute approximate surface area is 150 Å². The molecule has 8 heteroatoms. The van der Waals surface area contributed by atoms with Crippen molar-refractivity contribution in [2.45, 2.75) is 58.1 Å². The highest BCUT2D eigenvalue weighted by atomic mass is 32.2. The molecule has 0 aliphatic heterocycles. The van der Waals surface area contributed by atoms with Gasteiger partial charge >= 0.3 is 0 Å². The fourth-order valence-electron chi connectivity index (χ4n) is 2.14.